The summed E-state index contributed by atoms with van der Waals surface area (Å²) in [6.07, 6.45) is 4.08. The van der Waals surface area contributed by atoms with Crippen molar-refractivity contribution in [2.45, 2.75) is 37.0 Å². The first-order valence-corrected chi connectivity index (χ1v) is 10.5. The van der Waals surface area contributed by atoms with E-state index in [4.69, 9.17) is 0 Å². The molecule has 1 amide bonds. The minimum absolute atomic E-state index is 0.0481. The van der Waals surface area contributed by atoms with Crippen molar-refractivity contribution >= 4 is 15.9 Å². The van der Waals surface area contributed by atoms with Crippen LogP contribution in [0, 0.1) is 11.7 Å². The molecule has 1 fully saturated rings. The summed E-state index contributed by atoms with van der Waals surface area (Å²) in [5.41, 5.74) is 0. The zero-order valence-electron chi connectivity index (χ0n) is 15.2. The number of halogens is 1. The fraction of sp³-hybridized carbons (Fsp3) is 0.611. The van der Waals surface area contributed by atoms with E-state index < -0.39 is 15.8 Å². The highest BCUT2D eigenvalue weighted by Crippen LogP contribution is 2.15. The lowest BCUT2D eigenvalue weighted by atomic mass is 9.96. The molecule has 1 saturated heterocycles. The van der Waals surface area contributed by atoms with Crippen LogP contribution in [0.1, 0.15) is 32.1 Å². The lowest BCUT2D eigenvalue weighted by Crippen LogP contribution is -2.33. The van der Waals surface area contributed by atoms with E-state index in [1.165, 1.54) is 36.3 Å². The Labute approximate surface area is 155 Å². The molecule has 0 aromatic heterocycles. The van der Waals surface area contributed by atoms with Gasteiger partial charge in [0.1, 0.15) is 5.82 Å². The van der Waals surface area contributed by atoms with E-state index in [1.807, 2.05) is 0 Å². The van der Waals surface area contributed by atoms with Crippen LogP contribution in [0.3, 0.4) is 0 Å². The largest absolute Gasteiger partial charge is 0.356 e. The molecule has 1 aromatic rings. The van der Waals surface area contributed by atoms with Gasteiger partial charge in [-0.15, -0.1) is 0 Å². The molecule has 0 saturated carbocycles. The predicted octanol–water partition coefficient (Wildman–Crippen LogP) is 1.73. The van der Waals surface area contributed by atoms with Crippen LogP contribution >= 0.6 is 0 Å². The molecular weight excluding hydrogens is 357 g/mol. The lowest BCUT2D eigenvalue weighted by Gasteiger charge is -2.22. The highest BCUT2D eigenvalue weighted by Gasteiger charge is 2.20. The zero-order chi connectivity index (χ0) is 19.0. The van der Waals surface area contributed by atoms with Crippen LogP contribution in [-0.2, 0) is 14.8 Å². The van der Waals surface area contributed by atoms with E-state index in [0.29, 0.717) is 18.9 Å². The molecule has 1 atom stereocenters. The maximum absolute atomic E-state index is 12.9. The van der Waals surface area contributed by atoms with Crippen LogP contribution < -0.4 is 10.6 Å². The number of amides is 1. The van der Waals surface area contributed by atoms with Gasteiger partial charge in [0.05, 0.1) is 4.90 Å². The third kappa shape index (κ3) is 6.34. The van der Waals surface area contributed by atoms with Gasteiger partial charge in [0.2, 0.25) is 15.9 Å². The van der Waals surface area contributed by atoms with Crippen LogP contribution in [0.25, 0.3) is 0 Å². The number of rotatable bonds is 9. The van der Waals surface area contributed by atoms with E-state index >= 15 is 0 Å². The molecule has 0 aliphatic carbocycles. The van der Waals surface area contributed by atoms with Crippen molar-refractivity contribution in [1.82, 2.24) is 14.9 Å². The molecule has 8 heteroatoms. The second-order valence-electron chi connectivity index (χ2n) is 6.74. The maximum atomic E-state index is 12.9. The number of nitrogens with one attached hydrogen (secondary N) is 2. The summed E-state index contributed by atoms with van der Waals surface area (Å²) in [4.78, 5) is 11.9. The SMILES string of the molecule is CN(CCCC(=O)NCCC1CCCNC1)S(=O)(=O)c1ccc(F)cc1. The number of carbonyl (C=O) groups excluding carboxylic acids is 1. The van der Waals surface area contributed by atoms with Crippen molar-refractivity contribution < 1.29 is 17.6 Å². The summed E-state index contributed by atoms with van der Waals surface area (Å²) < 4.78 is 38.9. The van der Waals surface area contributed by atoms with Gasteiger partial charge >= 0.3 is 0 Å². The Kier molecular flexibility index (Phi) is 7.99. The Bertz CT molecular complexity index is 673. The molecule has 1 heterocycles. The van der Waals surface area contributed by atoms with Gasteiger partial charge in [-0.1, -0.05) is 0 Å². The molecule has 6 nitrogen and oxygen atoms in total. The Morgan fingerprint density at radius 1 is 1.35 bits per heavy atom. The third-order valence-corrected chi connectivity index (χ3v) is 6.54. The fourth-order valence-electron chi connectivity index (χ4n) is 3.04. The molecule has 1 aromatic carbocycles. The molecule has 1 aliphatic heterocycles. The highest BCUT2D eigenvalue weighted by molar-refractivity contribution is 7.89. The van der Waals surface area contributed by atoms with Gasteiger partial charge in [-0.25, -0.2) is 17.1 Å². The molecule has 2 N–H and O–H groups in total. The minimum Gasteiger partial charge on any atom is -0.356 e. The third-order valence-electron chi connectivity index (χ3n) is 4.67. The molecule has 0 bridgehead atoms. The Balaban J connectivity index is 1.67. The molecular formula is C18H28FN3O3S. The van der Waals surface area contributed by atoms with Crippen molar-refractivity contribution in [2.75, 3.05) is 33.2 Å². The molecule has 26 heavy (non-hydrogen) atoms. The van der Waals surface area contributed by atoms with Crippen molar-refractivity contribution in [3.8, 4) is 0 Å². The highest BCUT2D eigenvalue weighted by atomic mass is 32.2. The number of hydrogen-bond donors (Lipinski definition) is 2. The summed E-state index contributed by atoms with van der Waals surface area (Å²) in [5, 5.41) is 6.26. The molecule has 1 aliphatic rings. The van der Waals surface area contributed by atoms with E-state index in [9.17, 15) is 17.6 Å². The van der Waals surface area contributed by atoms with Gasteiger partial charge in [0.25, 0.3) is 0 Å². The number of sulfonamides is 1. The first kappa shape index (κ1) is 20.8. The van der Waals surface area contributed by atoms with Crippen molar-refractivity contribution in [3.63, 3.8) is 0 Å². The quantitative estimate of drug-likeness (QED) is 0.679. The molecule has 1 unspecified atom stereocenters. The van der Waals surface area contributed by atoms with E-state index in [-0.39, 0.29) is 23.8 Å². The first-order chi connectivity index (χ1) is 12.4. The number of nitrogens with zero attached hydrogens (tertiary/aromatic N) is 1. The first-order valence-electron chi connectivity index (χ1n) is 9.09. The summed E-state index contributed by atoms with van der Waals surface area (Å²) in [6.45, 7) is 2.99. The summed E-state index contributed by atoms with van der Waals surface area (Å²) >= 11 is 0. The van der Waals surface area contributed by atoms with Crippen molar-refractivity contribution in [2.24, 2.45) is 5.92 Å². The Hall–Kier alpha value is -1.51. The van der Waals surface area contributed by atoms with Crippen LogP contribution in [0.4, 0.5) is 4.39 Å². The molecule has 146 valence electrons. The number of benzene rings is 1. The van der Waals surface area contributed by atoms with Gasteiger partial charge in [-0.2, -0.15) is 0 Å². The van der Waals surface area contributed by atoms with Crippen LogP contribution in [0.15, 0.2) is 29.2 Å². The minimum atomic E-state index is -3.66. The van der Waals surface area contributed by atoms with Crippen molar-refractivity contribution in [1.29, 1.82) is 0 Å². The van der Waals surface area contributed by atoms with Crippen LogP contribution in [0.5, 0.6) is 0 Å². The Morgan fingerprint density at radius 2 is 2.08 bits per heavy atom. The molecule has 0 radical (unpaired) electrons. The normalized spacial score (nSPS) is 18.0. The lowest BCUT2D eigenvalue weighted by molar-refractivity contribution is -0.121. The van der Waals surface area contributed by atoms with Crippen LogP contribution in [0.2, 0.25) is 0 Å². The second kappa shape index (κ2) is 9.99. The number of piperidine rings is 1. The smallest absolute Gasteiger partial charge is 0.242 e. The standard InChI is InChI=1S/C18H28FN3O3S/c1-22(26(24,25)17-8-6-16(19)7-9-17)13-3-5-18(23)21-12-10-15-4-2-11-20-14-15/h6-9,15,20H,2-5,10-14H2,1H3,(H,21,23). The average Bonchev–Trinajstić information content (AvgIpc) is 2.63. The number of carbonyl (C=O) groups is 1. The zero-order valence-corrected chi connectivity index (χ0v) is 16.0. The second-order valence-corrected chi connectivity index (χ2v) is 8.78. The summed E-state index contributed by atoms with van der Waals surface area (Å²) in [6, 6.07) is 4.73. The van der Waals surface area contributed by atoms with E-state index in [0.717, 1.165) is 31.6 Å². The average molecular weight is 386 g/mol. The monoisotopic (exact) mass is 385 g/mol. The van der Waals surface area contributed by atoms with Crippen molar-refractivity contribution in [3.05, 3.63) is 30.1 Å². The van der Waals surface area contributed by atoms with Crippen LogP contribution in [-0.4, -0.2) is 51.9 Å². The van der Waals surface area contributed by atoms with Gasteiger partial charge < -0.3 is 10.6 Å². The summed E-state index contributed by atoms with van der Waals surface area (Å²) in [7, 11) is -2.19. The van der Waals surface area contributed by atoms with Gasteiger partial charge in [0.15, 0.2) is 0 Å². The molecule has 2 rings (SSSR count). The Morgan fingerprint density at radius 3 is 2.73 bits per heavy atom. The topological polar surface area (TPSA) is 78.5 Å². The molecule has 0 spiro atoms. The van der Waals surface area contributed by atoms with Gasteiger partial charge in [-0.05, 0) is 69.0 Å². The van der Waals surface area contributed by atoms with E-state index in [2.05, 4.69) is 10.6 Å². The maximum Gasteiger partial charge on any atom is 0.242 e. The number of hydrogen-bond acceptors (Lipinski definition) is 4. The fourth-order valence-corrected chi connectivity index (χ4v) is 4.25. The van der Waals surface area contributed by atoms with Gasteiger partial charge in [0, 0.05) is 26.6 Å². The van der Waals surface area contributed by atoms with E-state index in [1.54, 1.807) is 0 Å². The van der Waals surface area contributed by atoms with Gasteiger partial charge in [-0.3, -0.25) is 4.79 Å². The predicted molar refractivity (Wildman–Crippen MR) is 98.7 cm³/mol. The summed E-state index contributed by atoms with van der Waals surface area (Å²) in [5.74, 6) is 0.0877.